The predicted molar refractivity (Wildman–Crippen MR) is 203 cm³/mol. The summed E-state index contributed by atoms with van der Waals surface area (Å²) in [4.78, 5) is 3.75. The third-order valence-corrected chi connectivity index (χ3v) is 13.9. The van der Waals surface area contributed by atoms with Gasteiger partial charge < -0.3 is 9.80 Å². The summed E-state index contributed by atoms with van der Waals surface area (Å²) in [5.74, 6) is 0. The van der Waals surface area contributed by atoms with Crippen LogP contribution in [-0.2, 0) is 0 Å². The highest BCUT2D eigenvalue weighted by molar-refractivity contribution is 7.13. The second kappa shape index (κ2) is 9.96. The first kappa shape index (κ1) is 15.8. The summed E-state index contributed by atoms with van der Waals surface area (Å²) < 4.78 is 132. The fraction of sp³-hybridized carbons (Fsp3) is 0.0233. The third kappa shape index (κ3) is 3.62. The van der Waals surface area contributed by atoms with Crippen LogP contribution < -0.4 is 41.7 Å². The van der Waals surface area contributed by atoms with Crippen molar-refractivity contribution in [1.82, 2.24) is 0 Å². The van der Waals surface area contributed by atoms with Gasteiger partial charge in [-0.15, -0.1) is 0 Å². The molecule has 1 atom stereocenters. The molecule has 0 radical (unpaired) electrons. The van der Waals surface area contributed by atoms with Crippen LogP contribution in [0.4, 0.5) is 34.1 Å². The molecule has 0 spiro atoms. The Bertz CT molecular complexity index is 3130. The van der Waals surface area contributed by atoms with Crippen LogP contribution >= 0.6 is 0 Å². The van der Waals surface area contributed by atoms with Crippen molar-refractivity contribution in [2.75, 3.05) is 9.80 Å². The van der Waals surface area contributed by atoms with Crippen LogP contribution in [0.15, 0.2) is 169 Å². The molecule has 0 saturated heterocycles. The van der Waals surface area contributed by atoms with Gasteiger partial charge in [-0.2, -0.15) is 0 Å². The highest BCUT2D eigenvalue weighted by atomic mass is 28.3. The predicted octanol–water partition coefficient (Wildman–Crippen LogP) is 6.85. The van der Waals surface area contributed by atoms with Gasteiger partial charge >= 0.3 is 0 Å². The number of hydrogen-bond acceptors (Lipinski definition) is 2. The van der Waals surface area contributed by atoms with Crippen molar-refractivity contribution in [2.45, 2.75) is 6.55 Å². The molecule has 3 heterocycles. The molecule has 7 aromatic carbocycles. The first-order valence-corrected chi connectivity index (χ1v) is 17.8. The summed E-state index contributed by atoms with van der Waals surface area (Å²) in [6.45, 7) is 1.27. The molecular weight excluding hydrogens is 583 g/mol. The molecule has 0 bridgehead atoms. The SMILES string of the molecule is [2H]c1c([2H])c([2H])c(-c2cc3c4c(c2)[Si](C)(c2c([2H])c([2H])c([2H])c([2H])c2[2H])c2ccccc2N4c2cccc4c2B3c2ccccc2N4c2c([2H])c([2H])c([2H])c([2H])c2[2H])c([2H])c1[2H]. The maximum absolute atomic E-state index is 9.36. The van der Waals surface area contributed by atoms with E-state index in [4.69, 9.17) is 17.8 Å². The zero-order chi connectivity index (χ0) is 44.2. The van der Waals surface area contributed by atoms with Crippen LogP contribution in [0, 0.1) is 0 Å². The van der Waals surface area contributed by atoms with Gasteiger partial charge in [0.2, 0.25) is 0 Å². The minimum atomic E-state index is -3.78. The zero-order valence-corrected chi connectivity index (χ0v) is 26.0. The van der Waals surface area contributed by atoms with Crippen molar-refractivity contribution in [3.63, 3.8) is 0 Å². The molecule has 0 aromatic heterocycles. The molecule has 7 aromatic rings. The lowest BCUT2D eigenvalue weighted by molar-refractivity contribution is 1.25. The molecule has 10 rings (SSSR count). The Hall–Kier alpha value is -5.58. The second-order valence-electron chi connectivity index (χ2n) is 11.9. The van der Waals surface area contributed by atoms with E-state index in [1.54, 1.807) is 17.0 Å². The molecule has 4 heteroatoms. The Morgan fingerprint density at radius 2 is 1.15 bits per heavy atom. The first-order valence-electron chi connectivity index (χ1n) is 22.8. The van der Waals surface area contributed by atoms with Crippen LogP contribution in [0.1, 0.15) is 20.6 Å². The standard InChI is InChI=1S/C43H31BN2Si/c1-47(33-20-9-4-10-21-33)40-27-14-13-24-37(40)46-39-26-15-25-38-42(39)44(34-22-11-12-23-36(34)45(38)32-18-7-3-8-19-32)35-28-31(29-41(47)43(35)46)30-16-5-2-6-17-30/h2-29H,1H3/i2D,3D,4D,5D,6D,7D,8D,9D,10D,16D,17D,18D,19D,20D,21D. The van der Waals surface area contributed by atoms with Crippen molar-refractivity contribution in [3.8, 4) is 11.1 Å². The van der Waals surface area contributed by atoms with Crippen molar-refractivity contribution in [3.05, 3.63) is 169 Å². The third-order valence-electron chi connectivity index (χ3n) is 9.71. The van der Waals surface area contributed by atoms with Crippen molar-refractivity contribution >= 4 is 80.9 Å². The Kier molecular flexibility index (Phi) is 3.35. The fourth-order valence-electron chi connectivity index (χ4n) is 7.79. The van der Waals surface area contributed by atoms with Crippen LogP contribution in [0.3, 0.4) is 0 Å². The quantitative estimate of drug-likeness (QED) is 0.197. The van der Waals surface area contributed by atoms with Crippen molar-refractivity contribution < 1.29 is 20.6 Å². The van der Waals surface area contributed by atoms with Crippen molar-refractivity contribution in [1.29, 1.82) is 0 Å². The summed E-state index contributed by atoms with van der Waals surface area (Å²) >= 11 is 0. The van der Waals surface area contributed by atoms with Gasteiger partial charge in [0.15, 0.2) is 8.07 Å². The summed E-state index contributed by atoms with van der Waals surface area (Å²) in [7, 11) is -3.78. The maximum Gasteiger partial charge on any atom is 0.252 e. The van der Waals surface area contributed by atoms with Gasteiger partial charge in [0.1, 0.15) is 0 Å². The van der Waals surface area contributed by atoms with Gasteiger partial charge in [-0.25, -0.2) is 0 Å². The Labute approximate surface area is 298 Å². The summed E-state index contributed by atoms with van der Waals surface area (Å²) in [6, 6.07) is 17.0. The van der Waals surface area contributed by atoms with E-state index in [-0.39, 0.29) is 34.1 Å². The van der Waals surface area contributed by atoms with Crippen LogP contribution in [0.5, 0.6) is 0 Å². The molecule has 0 N–H and O–H groups in total. The van der Waals surface area contributed by atoms with E-state index >= 15 is 0 Å². The van der Waals surface area contributed by atoms with E-state index in [1.807, 2.05) is 73.3 Å². The van der Waals surface area contributed by atoms with E-state index in [2.05, 4.69) is 4.90 Å². The molecule has 3 aliphatic heterocycles. The van der Waals surface area contributed by atoms with Gasteiger partial charge in [0.05, 0.1) is 20.6 Å². The topological polar surface area (TPSA) is 6.48 Å². The van der Waals surface area contributed by atoms with E-state index in [9.17, 15) is 2.74 Å². The van der Waals surface area contributed by atoms with Gasteiger partial charge in [-0.3, -0.25) is 0 Å². The minimum Gasteiger partial charge on any atom is -0.312 e. The highest BCUT2D eigenvalue weighted by Gasteiger charge is 2.50. The number of benzene rings is 7. The van der Waals surface area contributed by atoms with Gasteiger partial charge in [-0.05, 0) is 79.4 Å². The van der Waals surface area contributed by atoms with Crippen LogP contribution in [0.2, 0.25) is 6.55 Å². The van der Waals surface area contributed by atoms with E-state index in [0.717, 1.165) is 0 Å². The summed E-state index contributed by atoms with van der Waals surface area (Å²) in [5, 5.41) is 1.42. The average Bonchev–Trinajstić information content (AvgIpc) is 3.27. The van der Waals surface area contributed by atoms with E-state index < -0.39 is 93.3 Å². The molecular formula is C43H31BN2Si. The van der Waals surface area contributed by atoms with Gasteiger partial charge in [0, 0.05) is 34.1 Å². The maximum atomic E-state index is 9.36. The largest absolute Gasteiger partial charge is 0.312 e. The fourth-order valence-corrected chi connectivity index (χ4v) is 11.6. The normalized spacial score (nSPS) is 21.0. The lowest BCUT2D eigenvalue weighted by atomic mass is 9.33. The molecule has 3 aliphatic rings. The van der Waals surface area contributed by atoms with Crippen LogP contribution in [0.25, 0.3) is 11.1 Å². The molecule has 0 saturated carbocycles. The molecule has 0 aliphatic carbocycles. The number of hydrogen-bond donors (Lipinski definition) is 0. The first-order chi connectivity index (χ1) is 29.4. The molecule has 47 heavy (non-hydrogen) atoms. The smallest absolute Gasteiger partial charge is 0.252 e. The molecule has 220 valence electrons. The lowest BCUT2D eigenvalue weighted by Gasteiger charge is -2.50. The van der Waals surface area contributed by atoms with E-state index in [0.29, 0.717) is 55.2 Å². The number of rotatable bonds is 3. The summed E-state index contributed by atoms with van der Waals surface area (Å²) in [6.07, 6.45) is 0. The highest BCUT2D eigenvalue weighted by Crippen LogP contribution is 2.45. The number of nitrogens with zero attached hydrogens (tertiary/aromatic N) is 2. The van der Waals surface area contributed by atoms with Crippen LogP contribution in [-0.4, -0.2) is 14.8 Å². The van der Waals surface area contributed by atoms with Crippen molar-refractivity contribution in [2.24, 2.45) is 0 Å². The monoisotopic (exact) mass is 629 g/mol. The van der Waals surface area contributed by atoms with Gasteiger partial charge in [0.25, 0.3) is 6.71 Å². The van der Waals surface area contributed by atoms with Gasteiger partial charge in [-0.1, -0.05) is 140 Å². The molecule has 0 fully saturated rings. The number of para-hydroxylation sites is 3. The zero-order valence-electron chi connectivity index (χ0n) is 40.0. The summed E-state index contributed by atoms with van der Waals surface area (Å²) in [5.41, 5.74) is 5.26. The molecule has 1 unspecified atom stereocenters. The Morgan fingerprint density at radius 1 is 0.532 bits per heavy atom. The number of fused-ring (bicyclic) bond motifs is 6. The Morgan fingerprint density at radius 3 is 1.91 bits per heavy atom. The van der Waals surface area contributed by atoms with E-state index in [1.165, 1.54) is 0 Å². The average molecular weight is 630 g/mol. The molecule has 0 amide bonds. The second-order valence-corrected chi connectivity index (χ2v) is 15.8. The minimum absolute atomic E-state index is 0.0464. The Balaban J connectivity index is 1.40. The molecule has 2 nitrogen and oxygen atoms in total. The lowest BCUT2D eigenvalue weighted by Crippen LogP contribution is -2.72. The number of anilines is 6.